The fourth-order valence-electron chi connectivity index (χ4n) is 1.93. The summed E-state index contributed by atoms with van der Waals surface area (Å²) >= 11 is 1.58. The van der Waals surface area contributed by atoms with Gasteiger partial charge >= 0.3 is 0 Å². The molecule has 3 rings (SSSR count). The number of ether oxygens (including phenoxy) is 2. The summed E-state index contributed by atoms with van der Waals surface area (Å²) in [7, 11) is 3.23. The third kappa shape index (κ3) is 2.27. The molecule has 0 bridgehead atoms. The minimum absolute atomic E-state index is 0.595. The van der Waals surface area contributed by atoms with Gasteiger partial charge in [-0.05, 0) is 6.07 Å². The molecule has 0 aromatic carbocycles. The summed E-state index contributed by atoms with van der Waals surface area (Å²) in [6.07, 6.45) is 3.72. The van der Waals surface area contributed by atoms with Gasteiger partial charge < -0.3 is 14.8 Å². The van der Waals surface area contributed by atoms with E-state index in [1.165, 1.54) is 0 Å². The molecular formula is C13H14N4O2S. The van der Waals surface area contributed by atoms with Crippen LogP contribution in [0.2, 0.25) is 0 Å². The maximum absolute atomic E-state index is 5.31. The van der Waals surface area contributed by atoms with Crippen molar-refractivity contribution in [2.75, 3.05) is 19.5 Å². The summed E-state index contributed by atoms with van der Waals surface area (Å²) in [6, 6.07) is 3.74. The van der Waals surface area contributed by atoms with Crippen LogP contribution in [0.5, 0.6) is 11.8 Å². The zero-order chi connectivity index (χ0) is 13.9. The van der Waals surface area contributed by atoms with Gasteiger partial charge in [-0.2, -0.15) is 4.98 Å². The van der Waals surface area contributed by atoms with E-state index in [-0.39, 0.29) is 0 Å². The molecule has 0 amide bonds. The van der Waals surface area contributed by atoms with Crippen molar-refractivity contribution in [1.82, 2.24) is 14.4 Å². The Morgan fingerprint density at radius 1 is 1.30 bits per heavy atom. The summed E-state index contributed by atoms with van der Waals surface area (Å²) in [6.45, 7) is 0.606. The molecule has 0 saturated heterocycles. The topological polar surface area (TPSA) is 60.7 Å². The maximum Gasteiger partial charge on any atom is 0.238 e. The maximum atomic E-state index is 5.31. The third-order valence-corrected chi connectivity index (χ3v) is 3.68. The molecule has 6 nitrogen and oxygen atoms in total. The van der Waals surface area contributed by atoms with Gasteiger partial charge in [-0.25, -0.2) is 4.98 Å². The van der Waals surface area contributed by atoms with Crippen molar-refractivity contribution in [3.8, 4) is 11.8 Å². The Morgan fingerprint density at radius 3 is 2.90 bits per heavy atom. The van der Waals surface area contributed by atoms with Gasteiger partial charge in [0.25, 0.3) is 0 Å². The molecule has 3 aromatic heterocycles. The molecule has 0 unspecified atom stereocenters. The lowest BCUT2D eigenvalue weighted by atomic mass is 10.3. The first-order chi connectivity index (χ1) is 9.81. The van der Waals surface area contributed by atoms with Crippen LogP contribution < -0.4 is 14.8 Å². The van der Waals surface area contributed by atoms with E-state index in [0.29, 0.717) is 18.3 Å². The number of pyridine rings is 1. The Balaban J connectivity index is 1.80. The number of rotatable bonds is 5. The summed E-state index contributed by atoms with van der Waals surface area (Å²) < 4.78 is 12.4. The predicted octanol–water partition coefficient (Wildman–Crippen LogP) is 2.42. The van der Waals surface area contributed by atoms with Crippen molar-refractivity contribution in [1.29, 1.82) is 0 Å². The van der Waals surface area contributed by atoms with Gasteiger partial charge in [0, 0.05) is 17.6 Å². The summed E-state index contributed by atoms with van der Waals surface area (Å²) in [5, 5.41) is 5.30. The SMILES string of the molecule is COc1ccc(NCc2c(OC)nc3sccn23)cn1. The van der Waals surface area contributed by atoms with Crippen LogP contribution in [0.4, 0.5) is 5.69 Å². The Morgan fingerprint density at radius 2 is 2.20 bits per heavy atom. The number of nitrogens with zero attached hydrogens (tertiary/aromatic N) is 3. The second-order valence-electron chi connectivity index (χ2n) is 4.07. The first-order valence-corrected chi connectivity index (χ1v) is 6.92. The standard InChI is InChI=1S/C13H14N4O2S/c1-18-11-4-3-9(7-15-11)14-8-10-12(19-2)16-13-17(10)5-6-20-13/h3-7,14H,8H2,1-2H3. The number of methoxy groups -OCH3 is 2. The number of nitrogens with one attached hydrogen (secondary N) is 1. The monoisotopic (exact) mass is 290 g/mol. The first kappa shape index (κ1) is 12.7. The molecule has 0 aliphatic rings. The minimum atomic E-state index is 0.595. The molecular weight excluding hydrogens is 276 g/mol. The second kappa shape index (κ2) is 5.38. The number of fused-ring (bicyclic) bond motifs is 1. The Kier molecular flexibility index (Phi) is 3.42. The van der Waals surface area contributed by atoms with E-state index < -0.39 is 0 Å². The smallest absolute Gasteiger partial charge is 0.238 e. The van der Waals surface area contributed by atoms with Crippen molar-refractivity contribution < 1.29 is 9.47 Å². The summed E-state index contributed by atoms with van der Waals surface area (Å²) in [4.78, 5) is 9.49. The lowest BCUT2D eigenvalue weighted by Crippen LogP contribution is -2.04. The fraction of sp³-hybridized carbons (Fsp3) is 0.231. The molecule has 0 saturated carbocycles. The molecule has 0 aliphatic heterocycles. The number of aromatic nitrogens is 3. The molecule has 3 aromatic rings. The van der Waals surface area contributed by atoms with Crippen molar-refractivity contribution in [3.63, 3.8) is 0 Å². The molecule has 3 heterocycles. The highest BCUT2D eigenvalue weighted by molar-refractivity contribution is 7.15. The molecule has 0 spiro atoms. The molecule has 0 atom stereocenters. The Labute approximate surface area is 120 Å². The van der Waals surface area contributed by atoms with E-state index in [4.69, 9.17) is 9.47 Å². The Hall–Kier alpha value is -2.28. The molecule has 0 aliphatic carbocycles. The van der Waals surface area contributed by atoms with Crippen molar-refractivity contribution in [3.05, 3.63) is 35.6 Å². The number of anilines is 1. The minimum Gasteiger partial charge on any atom is -0.481 e. The first-order valence-electron chi connectivity index (χ1n) is 6.04. The summed E-state index contributed by atoms with van der Waals surface area (Å²) in [5.74, 6) is 1.24. The van der Waals surface area contributed by atoms with Crippen LogP contribution in [0.25, 0.3) is 4.96 Å². The van der Waals surface area contributed by atoms with Gasteiger partial charge in [0.05, 0.1) is 32.6 Å². The Bertz CT molecular complexity index is 705. The summed E-state index contributed by atoms with van der Waals surface area (Å²) in [5.41, 5.74) is 1.90. The van der Waals surface area contributed by atoms with Crippen LogP contribution in [0.15, 0.2) is 29.9 Å². The van der Waals surface area contributed by atoms with Crippen molar-refractivity contribution in [2.24, 2.45) is 0 Å². The lowest BCUT2D eigenvalue weighted by molar-refractivity contribution is 0.395. The van der Waals surface area contributed by atoms with Crippen LogP contribution in [-0.2, 0) is 6.54 Å². The van der Waals surface area contributed by atoms with E-state index in [2.05, 4.69) is 15.3 Å². The van der Waals surface area contributed by atoms with E-state index >= 15 is 0 Å². The van der Waals surface area contributed by atoms with Gasteiger partial charge in [0.15, 0.2) is 4.96 Å². The lowest BCUT2D eigenvalue weighted by Gasteiger charge is -2.07. The molecule has 104 valence electrons. The number of thiazole rings is 1. The van der Waals surface area contributed by atoms with Gasteiger partial charge in [-0.15, -0.1) is 11.3 Å². The highest BCUT2D eigenvalue weighted by atomic mass is 32.1. The molecule has 7 heteroatoms. The predicted molar refractivity (Wildman–Crippen MR) is 77.7 cm³/mol. The van der Waals surface area contributed by atoms with E-state index in [0.717, 1.165) is 16.3 Å². The molecule has 20 heavy (non-hydrogen) atoms. The highest BCUT2D eigenvalue weighted by Crippen LogP contribution is 2.24. The fourth-order valence-corrected chi connectivity index (χ4v) is 2.65. The van der Waals surface area contributed by atoms with Gasteiger partial charge in [-0.1, -0.05) is 0 Å². The van der Waals surface area contributed by atoms with Crippen LogP contribution in [-0.4, -0.2) is 28.6 Å². The second-order valence-corrected chi connectivity index (χ2v) is 4.94. The highest BCUT2D eigenvalue weighted by Gasteiger charge is 2.13. The van der Waals surface area contributed by atoms with Crippen LogP contribution in [0.3, 0.4) is 0 Å². The third-order valence-electron chi connectivity index (χ3n) is 2.92. The normalized spacial score (nSPS) is 10.7. The number of hydrogen-bond donors (Lipinski definition) is 1. The molecule has 1 N–H and O–H groups in total. The average Bonchev–Trinajstić information content (AvgIpc) is 3.06. The van der Waals surface area contributed by atoms with Crippen LogP contribution in [0.1, 0.15) is 5.69 Å². The molecule has 0 fully saturated rings. The van der Waals surface area contributed by atoms with Gasteiger partial charge in [-0.3, -0.25) is 4.40 Å². The number of hydrogen-bond acceptors (Lipinski definition) is 6. The zero-order valence-electron chi connectivity index (χ0n) is 11.2. The van der Waals surface area contributed by atoms with E-state index in [9.17, 15) is 0 Å². The average molecular weight is 290 g/mol. The van der Waals surface area contributed by atoms with Crippen molar-refractivity contribution >= 4 is 22.0 Å². The van der Waals surface area contributed by atoms with Crippen LogP contribution in [0, 0.1) is 0 Å². The quantitative estimate of drug-likeness (QED) is 0.782. The van der Waals surface area contributed by atoms with Gasteiger partial charge in [0.1, 0.15) is 5.69 Å². The number of imidazole rings is 1. The zero-order valence-corrected chi connectivity index (χ0v) is 12.0. The van der Waals surface area contributed by atoms with Crippen molar-refractivity contribution in [2.45, 2.75) is 6.54 Å². The van der Waals surface area contributed by atoms with E-state index in [1.54, 1.807) is 31.8 Å². The van der Waals surface area contributed by atoms with E-state index in [1.807, 2.05) is 28.1 Å². The van der Waals surface area contributed by atoms with Gasteiger partial charge in [0.2, 0.25) is 11.8 Å². The molecule has 0 radical (unpaired) electrons. The van der Waals surface area contributed by atoms with Crippen LogP contribution >= 0.6 is 11.3 Å². The largest absolute Gasteiger partial charge is 0.481 e.